The third-order valence-corrected chi connectivity index (χ3v) is 4.08. The number of hydrogen-bond acceptors (Lipinski definition) is 5. The van der Waals surface area contributed by atoms with Crippen molar-refractivity contribution in [2.75, 3.05) is 25.5 Å². The molecule has 5 N–H and O–H groups in total. The number of nitrogens with two attached hydrogens (primary N) is 2. The van der Waals surface area contributed by atoms with Gasteiger partial charge in [0.2, 0.25) is 0 Å². The van der Waals surface area contributed by atoms with Crippen LogP contribution in [0.3, 0.4) is 0 Å². The number of quaternary nitrogens is 1. The smallest absolute Gasteiger partial charge is 0.423 e. The van der Waals surface area contributed by atoms with Crippen molar-refractivity contribution in [3.8, 4) is 0 Å². The molecule has 1 aromatic rings. The summed E-state index contributed by atoms with van der Waals surface area (Å²) in [4.78, 5) is 41.1. The van der Waals surface area contributed by atoms with Crippen LogP contribution in [-0.4, -0.2) is 48.7 Å². The van der Waals surface area contributed by atoms with Gasteiger partial charge in [0.1, 0.15) is 12.5 Å². The Labute approximate surface area is 157 Å². The van der Waals surface area contributed by atoms with E-state index >= 15 is 0 Å². The van der Waals surface area contributed by atoms with Crippen LogP contribution in [-0.2, 0) is 9.53 Å². The maximum absolute atomic E-state index is 12.6. The Kier molecular flexibility index (Phi) is 7.54. The Morgan fingerprint density at radius 3 is 2.50 bits per heavy atom. The first-order valence-electron chi connectivity index (χ1n) is 7.84. The number of rotatable bonds is 5. The van der Waals surface area contributed by atoms with Gasteiger partial charge in [-0.15, -0.1) is 12.4 Å². The van der Waals surface area contributed by atoms with Crippen LogP contribution >= 0.6 is 12.4 Å². The van der Waals surface area contributed by atoms with E-state index in [9.17, 15) is 14.4 Å². The number of benzene rings is 1. The molecule has 1 saturated heterocycles. The van der Waals surface area contributed by atoms with Gasteiger partial charge in [0.25, 0.3) is 0 Å². The molecule has 1 heterocycles. The summed E-state index contributed by atoms with van der Waals surface area (Å²) in [5.41, 5.74) is 11.0. The molecule has 0 radical (unpaired) electrons. The summed E-state index contributed by atoms with van der Waals surface area (Å²) in [7, 11) is 1.15. The SMILES string of the molecule is COC(=O)[N+]1(C(=O)Nc2ccccc2)CC(CCCN=C(N)N)C1=O.Cl. The fraction of sp³-hybridized carbons (Fsp3) is 0.375. The molecule has 142 valence electrons. The summed E-state index contributed by atoms with van der Waals surface area (Å²) < 4.78 is 3.70. The normalized spacial score (nSPS) is 21.0. The average Bonchev–Trinajstić information content (AvgIpc) is 2.60. The minimum atomic E-state index is -0.988. The number of β-lactam (4-membered cyclic amide) rings is 1. The highest BCUT2D eigenvalue weighted by Crippen LogP contribution is 2.33. The Morgan fingerprint density at radius 1 is 1.31 bits per heavy atom. The van der Waals surface area contributed by atoms with E-state index < -0.39 is 28.4 Å². The zero-order valence-electron chi connectivity index (χ0n) is 14.4. The van der Waals surface area contributed by atoms with Gasteiger partial charge in [-0.2, -0.15) is 4.79 Å². The molecule has 0 spiro atoms. The van der Waals surface area contributed by atoms with Gasteiger partial charge in [0.15, 0.2) is 5.96 Å². The van der Waals surface area contributed by atoms with Crippen molar-refractivity contribution in [1.82, 2.24) is 0 Å². The molecular weight excluding hydrogens is 362 g/mol. The standard InChI is InChI=1S/C16H21N5O4.ClH/c1-25-16(24)21(15(23)20-12-7-3-2-4-8-12)10-11(13(21)22)6-5-9-19-14(17)18;/h2-4,7-8,11H,5-6,9-10H2,1H3,(H4-,17,18,19,20,23);1H/p+1. The highest BCUT2D eigenvalue weighted by molar-refractivity contribution is 6.03. The van der Waals surface area contributed by atoms with Crippen molar-refractivity contribution < 1.29 is 23.6 Å². The number of para-hydroxylation sites is 1. The van der Waals surface area contributed by atoms with Crippen molar-refractivity contribution in [3.63, 3.8) is 0 Å². The number of hydrogen-bond donors (Lipinski definition) is 3. The number of carbonyl (C=O) groups excluding carboxylic acids is 3. The van der Waals surface area contributed by atoms with Crippen LogP contribution in [0, 0.1) is 5.92 Å². The van der Waals surface area contributed by atoms with Crippen LogP contribution in [0.2, 0.25) is 0 Å². The van der Waals surface area contributed by atoms with E-state index in [1.54, 1.807) is 30.3 Å². The van der Waals surface area contributed by atoms with Gasteiger partial charge < -0.3 is 16.2 Å². The molecule has 2 rings (SSSR count). The minimum absolute atomic E-state index is 0. The number of amides is 4. The average molecular weight is 385 g/mol. The molecule has 1 aliphatic heterocycles. The Morgan fingerprint density at radius 2 is 1.96 bits per heavy atom. The zero-order valence-corrected chi connectivity index (χ0v) is 15.2. The molecule has 0 aromatic heterocycles. The number of aliphatic imine (C=N–C) groups is 1. The van der Waals surface area contributed by atoms with Crippen LogP contribution in [0.25, 0.3) is 0 Å². The number of methoxy groups -OCH3 is 1. The second-order valence-electron chi connectivity index (χ2n) is 5.74. The topological polar surface area (TPSA) is 137 Å². The molecule has 4 amide bonds. The number of guanidine groups is 1. The first kappa shape index (κ1) is 21.4. The number of likely N-dealkylation sites (tertiary alicyclic amines) is 1. The van der Waals surface area contributed by atoms with E-state index in [0.29, 0.717) is 25.1 Å². The number of urea groups is 1. The minimum Gasteiger partial charge on any atom is -0.423 e. The van der Waals surface area contributed by atoms with Crippen LogP contribution in [0.5, 0.6) is 0 Å². The summed E-state index contributed by atoms with van der Waals surface area (Å²) in [6.07, 6.45) is 0.181. The molecule has 1 aromatic carbocycles. The number of imide groups is 3. The lowest BCUT2D eigenvalue weighted by molar-refractivity contribution is -0.737. The lowest BCUT2D eigenvalue weighted by Gasteiger charge is -2.40. The third kappa shape index (κ3) is 4.30. The van der Waals surface area contributed by atoms with Gasteiger partial charge in [0.05, 0.1) is 7.11 Å². The van der Waals surface area contributed by atoms with Gasteiger partial charge in [-0.25, -0.2) is 9.59 Å². The highest BCUT2D eigenvalue weighted by Gasteiger charge is 2.66. The van der Waals surface area contributed by atoms with Crippen LogP contribution < -0.4 is 16.8 Å². The van der Waals surface area contributed by atoms with Crippen molar-refractivity contribution in [2.24, 2.45) is 22.4 Å². The van der Waals surface area contributed by atoms with Crippen molar-refractivity contribution in [3.05, 3.63) is 30.3 Å². The fourth-order valence-corrected chi connectivity index (χ4v) is 2.79. The zero-order chi connectivity index (χ0) is 18.4. The molecule has 0 saturated carbocycles. The van der Waals surface area contributed by atoms with Gasteiger partial charge in [-0.3, -0.25) is 10.3 Å². The Bertz CT molecular complexity index is 693. The predicted octanol–water partition coefficient (Wildman–Crippen LogP) is 1.43. The number of nitrogens with one attached hydrogen (secondary N) is 1. The molecule has 0 bridgehead atoms. The van der Waals surface area contributed by atoms with E-state index in [-0.39, 0.29) is 24.9 Å². The molecule has 2 atom stereocenters. The summed E-state index contributed by atoms with van der Waals surface area (Å²) in [5, 5.41) is 2.59. The van der Waals surface area contributed by atoms with Crippen LogP contribution in [0.15, 0.2) is 35.3 Å². The summed E-state index contributed by atoms with van der Waals surface area (Å²) in [5.74, 6) is -0.901. The van der Waals surface area contributed by atoms with E-state index in [2.05, 4.69) is 15.0 Å². The summed E-state index contributed by atoms with van der Waals surface area (Å²) in [6.45, 7) is 0.451. The predicted molar refractivity (Wildman–Crippen MR) is 98.6 cm³/mol. The van der Waals surface area contributed by atoms with Gasteiger partial charge in [0, 0.05) is 12.2 Å². The molecule has 2 unspecified atom stereocenters. The second-order valence-corrected chi connectivity index (χ2v) is 5.74. The monoisotopic (exact) mass is 384 g/mol. The van der Waals surface area contributed by atoms with Gasteiger partial charge in [-0.1, -0.05) is 22.7 Å². The molecule has 26 heavy (non-hydrogen) atoms. The summed E-state index contributed by atoms with van der Waals surface area (Å²) in [6, 6.07) is 7.89. The molecule has 10 heteroatoms. The largest absolute Gasteiger partial charge is 0.532 e. The lowest BCUT2D eigenvalue weighted by Crippen LogP contribution is -2.74. The Hall–Kier alpha value is -2.65. The van der Waals surface area contributed by atoms with E-state index in [0.717, 1.165) is 7.11 Å². The van der Waals surface area contributed by atoms with Gasteiger partial charge >= 0.3 is 18.0 Å². The Balaban J connectivity index is 0.00000338. The number of halogens is 1. The number of anilines is 1. The first-order valence-corrected chi connectivity index (χ1v) is 7.84. The molecule has 1 fully saturated rings. The number of carbonyl (C=O) groups is 3. The second kappa shape index (κ2) is 9.16. The number of ether oxygens (including phenoxy) is 1. The summed E-state index contributed by atoms with van der Waals surface area (Å²) >= 11 is 0. The first-order chi connectivity index (χ1) is 11.9. The van der Waals surface area contributed by atoms with Crippen molar-refractivity contribution >= 4 is 42.1 Å². The van der Waals surface area contributed by atoms with E-state index in [1.165, 1.54) is 0 Å². The van der Waals surface area contributed by atoms with E-state index in [4.69, 9.17) is 11.5 Å². The quantitative estimate of drug-likeness (QED) is 0.231. The number of nitrogens with zero attached hydrogens (tertiary/aromatic N) is 2. The molecule has 0 aliphatic carbocycles. The highest BCUT2D eigenvalue weighted by atomic mass is 35.5. The maximum Gasteiger partial charge on any atom is 0.532 e. The molecule has 9 nitrogen and oxygen atoms in total. The van der Waals surface area contributed by atoms with Crippen LogP contribution in [0.1, 0.15) is 12.8 Å². The third-order valence-electron chi connectivity index (χ3n) is 4.08. The fourth-order valence-electron chi connectivity index (χ4n) is 2.79. The van der Waals surface area contributed by atoms with Crippen molar-refractivity contribution in [2.45, 2.75) is 12.8 Å². The van der Waals surface area contributed by atoms with Gasteiger partial charge in [-0.05, 0) is 25.0 Å². The lowest BCUT2D eigenvalue weighted by atomic mass is 9.90. The maximum atomic E-state index is 12.6. The molecular formula is C16H23ClN5O4+. The van der Waals surface area contributed by atoms with E-state index in [1.807, 2.05) is 0 Å². The van der Waals surface area contributed by atoms with Crippen LogP contribution in [0.4, 0.5) is 15.3 Å². The van der Waals surface area contributed by atoms with Crippen molar-refractivity contribution in [1.29, 1.82) is 0 Å². The molecule has 1 aliphatic rings.